The van der Waals surface area contributed by atoms with E-state index in [0.29, 0.717) is 47.9 Å². The van der Waals surface area contributed by atoms with Gasteiger partial charge in [-0.15, -0.1) is 0 Å². The number of unbranched alkanes of at least 4 members (excludes halogenated alkanes) is 9. The third kappa shape index (κ3) is 17.8. The summed E-state index contributed by atoms with van der Waals surface area (Å²) in [5, 5.41) is 0.699. The summed E-state index contributed by atoms with van der Waals surface area (Å²) in [6.07, 6.45) is 17.1. The average Bonchev–Trinajstić information content (AvgIpc) is 3.59. The predicted molar refractivity (Wildman–Crippen MR) is 195 cm³/mol. The van der Waals surface area contributed by atoms with Crippen LogP contribution in [0.15, 0.2) is 49.1 Å². The third-order valence-corrected chi connectivity index (χ3v) is 9.21. The van der Waals surface area contributed by atoms with Gasteiger partial charge < -0.3 is 28.4 Å². The summed E-state index contributed by atoms with van der Waals surface area (Å²) in [6.45, 7) is 8.46. The van der Waals surface area contributed by atoms with Crippen molar-refractivity contribution in [2.24, 2.45) is 5.92 Å². The van der Waals surface area contributed by atoms with Crippen molar-refractivity contribution >= 4 is 29.2 Å². The average molecular weight is 711 g/mol. The molecule has 1 aliphatic carbocycles. The third-order valence-electron chi connectivity index (χ3n) is 8.30. The number of benzene rings is 1. The Labute approximate surface area is 302 Å². The lowest BCUT2D eigenvalue weighted by atomic mass is 9.87. The molecule has 9 nitrogen and oxygen atoms in total. The van der Waals surface area contributed by atoms with Gasteiger partial charge in [0.25, 0.3) is 0 Å². The summed E-state index contributed by atoms with van der Waals surface area (Å²) >= 11 is 1.35. The van der Waals surface area contributed by atoms with Crippen molar-refractivity contribution in [3.8, 4) is 28.4 Å². The van der Waals surface area contributed by atoms with Gasteiger partial charge in [-0.1, -0.05) is 76.2 Å². The van der Waals surface area contributed by atoms with Gasteiger partial charge in [0, 0.05) is 25.2 Å². The summed E-state index contributed by atoms with van der Waals surface area (Å²) < 4.78 is 33.3. The minimum atomic E-state index is -0.687. The van der Waals surface area contributed by atoms with Crippen molar-refractivity contribution in [1.29, 1.82) is 0 Å². The second-order valence-electron chi connectivity index (χ2n) is 12.4. The summed E-state index contributed by atoms with van der Waals surface area (Å²) in [5.74, 6) is 4.63. The standard InChI is InChI=1S/C40H54O9S/c1-3-5-6-9-13-28-45-33-17-15-32(16-18-33)40(43)49-35-21-19-34(20-22-35)48-38(42)25-23-36-24-26-39(50-36)47-31-30-44-27-12-10-7-8-11-14-29-46-37(41)4-2/h4,19-22,24,26,32-33H,2-3,5-18,27-31H2,1H3. The molecule has 1 aromatic heterocycles. The molecule has 0 saturated heterocycles. The molecule has 0 unspecified atom stereocenters. The highest BCUT2D eigenvalue weighted by Gasteiger charge is 2.28. The quantitative estimate of drug-likeness (QED) is 0.0348. The molecule has 0 spiro atoms. The molecule has 0 bridgehead atoms. The van der Waals surface area contributed by atoms with Gasteiger partial charge in [-0.25, -0.2) is 9.59 Å². The molecule has 1 aromatic carbocycles. The van der Waals surface area contributed by atoms with E-state index in [1.54, 1.807) is 30.3 Å². The number of thiophene rings is 1. The van der Waals surface area contributed by atoms with E-state index in [0.717, 1.165) is 77.2 Å². The Morgan fingerprint density at radius 1 is 0.760 bits per heavy atom. The van der Waals surface area contributed by atoms with E-state index in [4.69, 9.17) is 28.4 Å². The zero-order valence-corrected chi connectivity index (χ0v) is 30.4. The monoisotopic (exact) mass is 710 g/mol. The van der Waals surface area contributed by atoms with Gasteiger partial charge in [0.2, 0.25) is 0 Å². The van der Waals surface area contributed by atoms with Crippen LogP contribution >= 0.6 is 11.3 Å². The van der Waals surface area contributed by atoms with Crippen LogP contribution in [0.3, 0.4) is 0 Å². The Bertz CT molecular complexity index is 1330. The highest BCUT2D eigenvalue weighted by atomic mass is 32.1. The molecule has 1 aliphatic rings. The number of carbonyl (C=O) groups is 3. The van der Waals surface area contributed by atoms with Crippen molar-refractivity contribution in [2.75, 3.05) is 33.0 Å². The second-order valence-corrected chi connectivity index (χ2v) is 13.4. The van der Waals surface area contributed by atoms with Gasteiger partial charge >= 0.3 is 17.9 Å². The highest BCUT2D eigenvalue weighted by molar-refractivity contribution is 7.14. The Morgan fingerprint density at radius 2 is 1.40 bits per heavy atom. The fourth-order valence-electron chi connectivity index (χ4n) is 5.45. The molecule has 0 radical (unpaired) electrons. The molecule has 0 atom stereocenters. The first-order valence-corrected chi connectivity index (χ1v) is 19.0. The summed E-state index contributed by atoms with van der Waals surface area (Å²) in [7, 11) is 0. The van der Waals surface area contributed by atoms with Crippen LogP contribution in [-0.2, 0) is 28.6 Å². The highest BCUT2D eigenvalue weighted by Crippen LogP contribution is 2.29. The number of carbonyl (C=O) groups excluding carboxylic acids is 3. The van der Waals surface area contributed by atoms with Gasteiger partial charge in [-0.05, 0) is 87.3 Å². The van der Waals surface area contributed by atoms with E-state index >= 15 is 0 Å². The molecule has 3 rings (SSSR count). The van der Waals surface area contributed by atoms with Gasteiger partial charge in [0.05, 0.1) is 30.1 Å². The van der Waals surface area contributed by atoms with Crippen LogP contribution in [-0.4, -0.2) is 57.0 Å². The molecule has 2 aromatic rings. The number of rotatable bonds is 24. The van der Waals surface area contributed by atoms with Crippen LogP contribution in [0.4, 0.5) is 0 Å². The first-order valence-electron chi connectivity index (χ1n) is 18.2. The van der Waals surface area contributed by atoms with E-state index in [-0.39, 0.29) is 24.0 Å². The van der Waals surface area contributed by atoms with Crippen molar-refractivity contribution in [3.05, 3.63) is 53.9 Å². The minimum absolute atomic E-state index is 0.129. The lowest BCUT2D eigenvalue weighted by Crippen LogP contribution is -2.29. The molecule has 0 amide bonds. The van der Waals surface area contributed by atoms with E-state index in [9.17, 15) is 14.4 Å². The number of ether oxygens (including phenoxy) is 6. The predicted octanol–water partition coefficient (Wildman–Crippen LogP) is 8.62. The van der Waals surface area contributed by atoms with E-state index in [2.05, 4.69) is 25.3 Å². The van der Waals surface area contributed by atoms with Gasteiger partial charge in [0.1, 0.15) is 18.1 Å². The van der Waals surface area contributed by atoms with E-state index in [1.807, 2.05) is 6.07 Å². The van der Waals surface area contributed by atoms with Crippen molar-refractivity contribution in [1.82, 2.24) is 0 Å². The van der Waals surface area contributed by atoms with Crippen molar-refractivity contribution in [3.63, 3.8) is 0 Å². The second kappa shape index (κ2) is 25.3. The Morgan fingerprint density at radius 3 is 2.10 bits per heavy atom. The van der Waals surface area contributed by atoms with Gasteiger partial charge in [0.15, 0.2) is 5.06 Å². The van der Waals surface area contributed by atoms with E-state index < -0.39 is 5.97 Å². The largest absolute Gasteiger partial charge is 0.482 e. The molecule has 1 heterocycles. The van der Waals surface area contributed by atoms with Crippen molar-refractivity contribution < 1.29 is 42.8 Å². The molecular formula is C40H54O9S. The fourth-order valence-corrected chi connectivity index (χ4v) is 6.19. The minimum Gasteiger partial charge on any atom is -0.482 e. The number of esters is 3. The molecule has 10 heteroatoms. The Balaban J connectivity index is 1.22. The lowest BCUT2D eigenvalue weighted by molar-refractivity contribution is -0.141. The maximum absolute atomic E-state index is 12.7. The zero-order valence-electron chi connectivity index (χ0n) is 29.6. The first kappa shape index (κ1) is 40.8. The van der Waals surface area contributed by atoms with Gasteiger partial charge in [-0.2, -0.15) is 0 Å². The molecule has 0 N–H and O–H groups in total. The fraction of sp³-hybridized carbons (Fsp3) is 0.575. The number of hydrogen-bond donors (Lipinski definition) is 0. The summed E-state index contributed by atoms with van der Waals surface area (Å²) in [5.41, 5.74) is 0. The summed E-state index contributed by atoms with van der Waals surface area (Å²) in [6, 6.07) is 10.0. The summed E-state index contributed by atoms with van der Waals surface area (Å²) in [4.78, 5) is 36.7. The normalized spacial score (nSPS) is 15.4. The zero-order chi connectivity index (χ0) is 35.7. The molecular weight excluding hydrogens is 656 g/mol. The smallest absolute Gasteiger partial charge is 0.390 e. The molecule has 1 saturated carbocycles. The van der Waals surface area contributed by atoms with Crippen LogP contribution in [0.2, 0.25) is 0 Å². The first-order chi connectivity index (χ1) is 24.5. The van der Waals surface area contributed by atoms with Crippen molar-refractivity contribution in [2.45, 2.75) is 109 Å². The van der Waals surface area contributed by atoms with Crippen LogP contribution in [0, 0.1) is 17.8 Å². The van der Waals surface area contributed by atoms with Gasteiger partial charge in [-0.3, -0.25) is 4.79 Å². The molecule has 50 heavy (non-hydrogen) atoms. The maximum atomic E-state index is 12.7. The van der Waals surface area contributed by atoms with Crippen LogP contribution in [0.25, 0.3) is 0 Å². The topological polar surface area (TPSA) is 107 Å². The molecule has 0 aliphatic heterocycles. The number of hydrogen-bond acceptors (Lipinski definition) is 10. The lowest BCUT2D eigenvalue weighted by Gasteiger charge is -2.27. The SMILES string of the molecule is C=CC(=O)OCCCCCCCCOCCOc1ccc(C#CC(=O)Oc2ccc(OC(=O)C3CCC(OCCCCCCC)CC3)cc2)s1. The van der Waals surface area contributed by atoms with Crippen LogP contribution < -0.4 is 14.2 Å². The van der Waals surface area contributed by atoms with Crippen LogP contribution in [0.5, 0.6) is 16.6 Å². The Hall–Kier alpha value is -3.65. The van der Waals surface area contributed by atoms with E-state index in [1.165, 1.54) is 43.1 Å². The Kier molecular flexibility index (Phi) is 20.7. The maximum Gasteiger partial charge on any atom is 0.390 e. The molecule has 1 fully saturated rings. The molecule has 274 valence electrons. The van der Waals surface area contributed by atoms with Crippen LogP contribution in [0.1, 0.15) is 108 Å².